The molecule has 0 N–H and O–H groups in total. The van der Waals surface area contributed by atoms with Crippen LogP contribution in [0.15, 0.2) is 66.7 Å². The van der Waals surface area contributed by atoms with Crippen molar-refractivity contribution in [1.82, 2.24) is 0 Å². The lowest BCUT2D eigenvalue weighted by atomic mass is 9.81. The van der Waals surface area contributed by atoms with Gasteiger partial charge in [0.2, 0.25) is 0 Å². The summed E-state index contributed by atoms with van der Waals surface area (Å²) in [5.41, 5.74) is 5.50. The molecule has 0 fully saturated rings. The van der Waals surface area contributed by atoms with Crippen molar-refractivity contribution in [1.29, 1.82) is 0 Å². The molecule has 3 atom stereocenters. The van der Waals surface area contributed by atoms with Gasteiger partial charge in [0.1, 0.15) is 23.0 Å². The largest absolute Gasteiger partial charge is 0.497 e. The Labute approximate surface area is 269 Å². The molecule has 1 aliphatic carbocycles. The average Bonchev–Trinajstić information content (AvgIpc) is 3.43. The van der Waals surface area contributed by atoms with E-state index in [0.717, 1.165) is 56.6 Å². The highest BCUT2D eigenvalue weighted by Crippen LogP contribution is 2.63. The Bertz CT molecular complexity index is 1620. The third-order valence-corrected chi connectivity index (χ3v) is 9.72. The molecule has 1 aliphatic rings. The second-order valence-electron chi connectivity index (χ2n) is 10.5. The molecule has 45 heavy (non-hydrogen) atoms. The summed E-state index contributed by atoms with van der Waals surface area (Å²) in [6, 6.07) is 22.3. The van der Waals surface area contributed by atoms with Gasteiger partial charge in [-0.3, -0.25) is 0 Å². The Kier molecular flexibility index (Phi) is 10.1. The highest BCUT2D eigenvalue weighted by Gasteiger charge is 2.45. The van der Waals surface area contributed by atoms with Crippen molar-refractivity contribution in [2.75, 3.05) is 56.9 Å². The van der Waals surface area contributed by atoms with Crippen molar-refractivity contribution >= 4 is 11.8 Å². The van der Waals surface area contributed by atoms with E-state index >= 15 is 0 Å². The summed E-state index contributed by atoms with van der Waals surface area (Å²) in [5, 5.41) is -0.00740. The summed E-state index contributed by atoms with van der Waals surface area (Å²) in [7, 11) is 13.3. The van der Waals surface area contributed by atoms with Gasteiger partial charge in [-0.25, -0.2) is 0 Å². The Morgan fingerprint density at radius 1 is 0.489 bits per heavy atom. The van der Waals surface area contributed by atoms with E-state index in [1.807, 2.05) is 42.1 Å². The van der Waals surface area contributed by atoms with E-state index in [9.17, 15) is 0 Å². The lowest BCUT2D eigenvalue weighted by Crippen LogP contribution is -2.12. The normalized spacial score (nSPS) is 16.8. The minimum atomic E-state index is -0.111. The van der Waals surface area contributed by atoms with Crippen molar-refractivity contribution in [3.05, 3.63) is 94.5 Å². The lowest BCUT2D eigenvalue weighted by Gasteiger charge is -2.28. The molecule has 0 saturated carbocycles. The molecule has 5 rings (SSSR count). The maximum absolute atomic E-state index is 6.07. The maximum atomic E-state index is 6.07. The molecule has 0 bridgehead atoms. The fourth-order valence-corrected chi connectivity index (χ4v) is 7.63. The Morgan fingerprint density at radius 3 is 1.62 bits per heavy atom. The second-order valence-corrected chi connectivity index (χ2v) is 11.6. The van der Waals surface area contributed by atoms with Gasteiger partial charge in [-0.15, -0.1) is 11.8 Å². The summed E-state index contributed by atoms with van der Waals surface area (Å²) >= 11 is 1.85. The number of hydrogen-bond donors (Lipinski definition) is 0. The number of hydrogen-bond acceptors (Lipinski definition) is 9. The zero-order chi connectivity index (χ0) is 32.1. The van der Waals surface area contributed by atoms with Gasteiger partial charge in [0.05, 0.1) is 56.9 Å². The van der Waals surface area contributed by atoms with Crippen LogP contribution in [0.2, 0.25) is 0 Å². The van der Waals surface area contributed by atoms with Crippen molar-refractivity contribution in [3.63, 3.8) is 0 Å². The first-order valence-electron chi connectivity index (χ1n) is 14.5. The molecule has 0 radical (unpaired) electrons. The van der Waals surface area contributed by atoms with E-state index in [2.05, 4.69) is 36.4 Å². The van der Waals surface area contributed by atoms with E-state index in [4.69, 9.17) is 37.9 Å². The van der Waals surface area contributed by atoms with Crippen LogP contribution in [0.3, 0.4) is 0 Å². The zero-order valence-corrected chi connectivity index (χ0v) is 27.8. The predicted octanol–water partition coefficient (Wildman–Crippen LogP) is 7.66. The quantitative estimate of drug-likeness (QED) is 0.148. The summed E-state index contributed by atoms with van der Waals surface area (Å²) in [6.45, 7) is 0. The molecule has 0 spiro atoms. The van der Waals surface area contributed by atoms with Gasteiger partial charge in [0.15, 0.2) is 23.0 Å². The van der Waals surface area contributed by atoms with Gasteiger partial charge in [0.25, 0.3) is 0 Å². The fraction of sp³-hybridized carbons (Fsp3) is 0.333. The third-order valence-electron chi connectivity index (χ3n) is 8.31. The number of rotatable bonds is 13. The van der Waals surface area contributed by atoms with Crippen LogP contribution in [-0.4, -0.2) is 56.9 Å². The molecule has 0 heterocycles. The number of methoxy groups -OCH3 is 8. The number of fused-ring (bicyclic) bond motifs is 1. The van der Waals surface area contributed by atoms with Gasteiger partial charge >= 0.3 is 0 Å². The summed E-state index contributed by atoms with van der Waals surface area (Å²) < 4.78 is 45.8. The van der Waals surface area contributed by atoms with E-state index in [1.165, 1.54) is 0 Å². The van der Waals surface area contributed by atoms with Crippen LogP contribution < -0.4 is 37.9 Å². The van der Waals surface area contributed by atoms with E-state index in [-0.39, 0.29) is 17.1 Å². The monoisotopic (exact) mass is 632 g/mol. The topological polar surface area (TPSA) is 73.8 Å². The van der Waals surface area contributed by atoms with Crippen LogP contribution >= 0.6 is 11.8 Å². The molecular formula is C36H40O8S. The van der Waals surface area contributed by atoms with Gasteiger partial charge in [-0.1, -0.05) is 12.1 Å². The molecule has 238 valence electrons. The molecular weight excluding hydrogens is 592 g/mol. The highest BCUT2D eigenvalue weighted by molar-refractivity contribution is 7.98. The number of thioether (sulfide) groups is 1. The molecule has 4 aromatic rings. The van der Waals surface area contributed by atoms with Crippen LogP contribution in [0.4, 0.5) is 0 Å². The highest BCUT2D eigenvalue weighted by atomic mass is 32.2. The number of ether oxygens (including phenoxy) is 8. The molecule has 8 nitrogen and oxygen atoms in total. The Balaban J connectivity index is 1.73. The minimum absolute atomic E-state index is 0.00740. The molecule has 0 aromatic heterocycles. The van der Waals surface area contributed by atoms with Gasteiger partial charge in [0, 0.05) is 40.5 Å². The Hall–Kier alpha value is -4.37. The van der Waals surface area contributed by atoms with Gasteiger partial charge in [-0.2, -0.15) is 0 Å². The molecule has 4 aromatic carbocycles. The molecule has 9 heteroatoms. The van der Waals surface area contributed by atoms with Gasteiger partial charge in [-0.05, 0) is 64.7 Å². The second kappa shape index (κ2) is 14.2. The van der Waals surface area contributed by atoms with E-state index in [1.54, 1.807) is 56.9 Å². The number of benzene rings is 4. The van der Waals surface area contributed by atoms with E-state index < -0.39 is 0 Å². The van der Waals surface area contributed by atoms with Crippen LogP contribution in [-0.2, 0) is 5.75 Å². The predicted molar refractivity (Wildman–Crippen MR) is 177 cm³/mol. The first-order chi connectivity index (χ1) is 21.9. The molecule has 2 unspecified atom stereocenters. The van der Waals surface area contributed by atoms with Crippen LogP contribution in [0.25, 0.3) is 0 Å². The maximum Gasteiger partial charge on any atom is 0.161 e. The molecule has 0 saturated heterocycles. The summed E-state index contributed by atoms with van der Waals surface area (Å²) in [6.07, 6.45) is 0. The third kappa shape index (κ3) is 6.27. The SMILES string of the molecule is COc1cc(OC)cc([C@@H]2C(SCc3ccc(OC)c(OC)c3)c3cc(OC)cc(OC)c3C2c2ccc(OC)c(OC)c2)c1. The Morgan fingerprint density at radius 2 is 1.04 bits per heavy atom. The van der Waals surface area contributed by atoms with Gasteiger partial charge < -0.3 is 37.9 Å². The smallest absolute Gasteiger partial charge is 0.161 e. The van der Waals surface area contributed by atoms with Crippen LogP contribution in [0.5, 0.6) is 46.0 Å². The standard InChI is InChI=1S/C36H40O8S/c1-37-24-14-23(15-25(17-24)38-2)34-33(22-10-12-29(41-5)31(16-22)43-7)35-27(18-26(39-3)19-32(35)44-8)36(34)45-20-21-9-11-28(40-4)30(13-21)42-6/h9-19,33-34,36H,20H2,1-8H3/t33?,34-,36?/m0/s1. The summed E-state index contributed by atoms with van der Waals surface area (Å²) in [5.74, 6) is 6.22. The lowest BCUT2D eigenvalue weighted by molar-refractivity contribution is 0.354. The van der Waals surface area contributed by atoms with Crippen molar-refractivity contribution in [3.8, 4) is 46.0 Å². The van der Waals surface area contributed by atoms with E-state index in [0.29, 0.717) is 23.0 Å². The van der Waals surface area contributed by atoms with Crippen molar-refractivity contribution in [2.24, 2.45) is 0 Å². The fourth-order valence-electron chi connectivity index (χ4n) is 6.18. The average molecular weight is 633 g/mol. The summed E-state index contributed by atoms with van der Waals surface area (Å²) in [4.78, 5) is 0. The van der Waals surface area contributed by atoms with Crippen molar-refractivity contribution in [2.45, 2.75) is 22.8 Å². The molecule has 0 amide bonds. The first kappa shape index (κ1) is 32.0. The van der Waals surface area contributed by atoms with Crippen molar-refractivity contribution < 1.29 is 37.9 Å². The minimum Gasteiger partial charge on any atom is -0.497 e. The van der Waals surface area contributed by atoms with Crippen LogP contribution in [0, 0.1) is 0 Å². The zero-order valence-electron chi connectivity index (χ0n) is 27.0. The van der Waals surface area contributed by atoms with Crippen LogP contribution in [0.1, 0.15) is 44.9 Å². The molecule has 0 aliphatic heterocycles. The first-order valence-corrected chi connectivity index (χ1v) is 15.5.